The number of anilines is 1. The highest BCUT2D eigenvalue weighted by atomic mass is 16.6. The topological polar surface area (TPSA) is 102 Å². The minimum Gasteiger partial charge on any atom is -0.478 e. The van der Waals surface area contributed by atoms with Crippen molar-refractivity contribution in [3.05, 3.63) is 33.4 Å². The van der Waals surface area contributed by atoms with Crippen LogP contribution in [0.5, 0.6) is 0 Å². The van der Waals surface area contributed by atoms with E-state index >= 15 is 0 Å². The Bertz CT molecular complexity index is 473. The molecule has 0 aliphatic heterocycles. The summed E-state index contributed by atoms with van der Waals surface area (Å²) in [5.74, 6) is -1.18. The lowest BCUT2D eigenvalue weighted by Crippen LogP contribution is -2.11. The Hall–Kier alpha value is -2.15. The number of ether oxygens (including phenoxy) is 1. The zero-order chi connectivity index (χ0) is 13.7. The van der Waals surface area contributed by atoms with Crippen molar-refractivity contribution in [2.75, 3.05) is 25.6 Å². The predicted octanol–water partition coefficient (Wildman–Crippen LogP) is 1.66. The third-order valence-corrected chi connectivity index (χ3v) is 2.39. The van der Waals surface area contributed by atoms with Gasteiger partial charge in [-0.1, -0.05) is 0 Å². The van der Waals surface area contributed by atoms with Crippen LogP contribution >= 0.6 is 0 Å². The van der Waals surface area contributed by atoms with Crippen LogP contribution < -0.4 is 5.32 Å². The van der Waals surface area contributed by atoms with Crippen molar-refractivity contribution in [3.63, 3.8) is 0 Å². The van der Waals surface area contributed by atoms with E-state index in [1.165, 1.54) is 13.2 Å². The number of benzene rings is 1. The number of carbonyl (C=O) groups is 1. The number of aromatic carboxylic acids is 1. The van der Waals surface area contributed by atoms with Gasteiger partial charge in [-0.05, 0) is 18.6 Å². The first-order valence-electron chi connectivity index (χ1n) is 5.22. The van der Waals surface area contributed by atoms with Crippen LogP contribution in [0.25, 0.3) is 0 Å². The summed E-state index contributed by atoms with van der Waals surface area (Å²) in [7, 11) is 1.52. The maximum Gasteiger partial charge on any atom is 0.336 e. The lowest BCUT2D eigenvalue weighted by Gasteiger charge is -2.09. The van der Waals surface area contributed by atoms with Crippen LogP contribution in [0.15, 0.2) is 12.1 Å². The summed E-state index contributed by atoms with van der Waals surface area (Å²) in [6.45, 7) is 2.40. The van der Waals surface area contributed by atoms with E-state index in [0.29, 0.717) is 24.4 Å². The van der Waals surface area contributed by atoms with Crippen LogP contribution in [0.4, 0.5) is 11.4 Å². The van der Waals surface area contributed by atoms with E-state index < -0.39 is 10.9 Å². The van der Waals surface area contributed by atoms with Crippen LogP contribution in [0, 0.1) is 17.0 Å². The summed E-state index contributed by atoms with van der Waals surface area (Å²) in [5, 5.41) is 22.6. The fraction of sp³-hybridized carbons (Fsp3) is 0.364. The number of nitro benzene ring substituents is 1. The van der Waals surface area contributed by atoms with Gasteiger partial charge in [-0.3, -0.25) is 10.1 Å². The molecule has 18 heavy (non-hydrogen) atoms. The molecule has 0 amide bonds. The Labute approximate surface area is 104 Å². The molecule has 1 rings (SSSR count). The second-order valence-electron chi connectivity index (χ2n) is 3.67. The van der Waals surface area contributed by atoms with Crippen molar-refractivity contribution in [2.24, 2.45) is 0 Å². The van der Waals surface area contributed by atoms with E-state index in [1.807, 2.05) is 0 Å². The quantitative estimate of drug-likeness (QED) is 0.454. The van der Waals surface area contributed by atoms with Crippen LogP contribution in [0.3, 0.4) is 0 Å². The van der Waals surface area contributed by atoms with E-state index in [0.717, 1.165) is 6.07 Å². The standard InChI is InChI=1S/C11H14N2O5/c1-7-5-9(12-3-4-18-2)10(13(16)17)6-8(7)11(14)15/h5-6,12H,3-4H2,1-2H3,(H,14,15). The number of aryl methyl sites for hydroxylation is 1. The first-order valence-corrected chi connectivity index (χ1v) is 5.22. The van der Waals surface area contributed by atoms with Crippen LogP contribution in [-0.4, -0.2) is 36.3 Å². The number of carboxylic acid groups (broad SMARTS) is 1. The number of rotatable bonds is 6. The molecule has 0 heterocycles. The van der Waals surface area contributed by atoms with E-state index in [1.54, 1.807) is 6.92 Å². The molecular weight excluding hydrogens is 240 g/mol. The monoisotopic (exact) mass is 254 g/mol. The Kier molecular flexibility index (Phi) is 4.61. The molecule has 98 valence electrons. The second-order valence-corrected chi connectivity index (χ2v) is 3.67. The number of hydrogen-bond donors (Lipinski definition) is 2. The van der Waals surface area contributed by atoms with E-state index in [9.17, 15) is 14.9 Å². The molecule has 0 aliphatic rings. The molecule has 1 aromatic rings. The molecule has 1 aromatic carbocycles. The van der Waals surface area contributed by atoms with Crippen LogP contribution in [-0.2, 0) is 4.74 Å². The van der Waals surface area contributed by atoms with Gasteiger partial charge in [0.05, 0.1) is 17.1 Å². The summed E-state index contributed by atoms with van der Waals surface area (Å²) in [6.07, 6.45) is 0. The number of nitrogens with one attached hydrogen (secondary N) is 1. The van der Waals surface area contributed by atoms with E-state index in [2.05, 4.69) is 5.32 Å². The van der Waals surface area contributed by atoms with E-state index in [-0.39, 0.29) is 11.3 Å². The molecule has 0 bridgehead atoms. The highest BCUT2D eigenvalue weighted by molar-refractivity contribution is 5.91. The highest BCUT2D eigenvalue weighted by Gasteiger charge is 2.19. The predicted molar refractivity (Wildman–Crippen MR) is 65.2 cm³/mol. The molecule has 2 N–H and O–H groups in total. The maximum absolute atomic E-state index is 10.9. The molecule has 7 nitrogen and oxygen atoms in total. The summed E-state index contributed by atoms with van der Waals surface area (Å²) >= 11 is 0. The first kappa shape index (κ1) is 13.9. The normalized spacial score (nSPS) is 10.1. The first-order chi connectivity index (χ1) is 8.47. The zero-order valence-corrected chi connectivity index (χ0v) is 10.1. The van der Waals surface area contributed by atoms with Crippen molar-refractivity contribution in [3.8, 4) is 0 Å². The molecule has 0 spiro atoms. The van der Waals surface area contributed by atoms with Gasteiger partial charge in [0.1, 0.15) is 5.69 Å². The third-order valence-electron chi connectivity index (χ3n) is 2.39. The average Bonchev–Trinajstić information content (AvgIpc) is 2.28. The molecule has 0 saturated heterocycles. The summed E-state index contributed by atoms with van der Waals surface area (Å²) in [5.41, 5.74) is 0.431. The van der Waals surface area contributed by atoms with Gasteiger partial charge < -0.3 is 15.2 Å². The van der Waals surface area contributed by atoms with Crippen LogP contribution in [0.1, 0.15) is 15.9 Å². The molecule has 0 radical (unpaired) electrons. The number of hydrogen-bond acceptors (Lipinski definition) is 5. The smallest absolute Gasteiger partial charge is 0.336 e. The molecule has 0 atom stereocenters. The van der Waals surface area contributed by atoms with Gasteiger partial charge in [0.15, 0.2) is 0 Å². The summed E-state index contributed by atoms with van der Waals surface area (Å²) < 4.78 is 4.83. The SMILES string of the molecule is COCCNc1cc(C)c(C(=O)O)cc1[N+](=O)[O-]. The molecule has 0 aromatic heterocycles. The number of methoxy groups -OCH3 is 1. The Morgan fingerprint density at radius 3 is 2.72 bits per heavy atom. The average molecular weight is 254 g/mol. The fourth-order valence-electron chi connectivity index (χ4n) is 1.51. The van der Waals surface area contributed by atoms with Crippen molar-refractivity contribution in [2.45, 2.75) is 6.92 Å². The molecule has 7 heteroatoms. The van der Waals surface area contributed by atoms with Crippen molar-refractivity contribution >= 4 is 17.3 Å². The lowest BCUT2D eigenvalue weighted by molar-refractivity contribution is -0.384. The number of nitrogens with zero attached hydrogens (tertiary/aromatic N) is 1. The maximum atomic E-state index is 10.9. The molecule has 0 unspecified atom stereocenters. The Balaban J connectivity index is 3.12. The van der Waals surface area contributed by atoms with Crippen molar-refractivity contribution in [1.29, 1.82) is 0 Å². The van der Waals surface area contributed by atoms with Gasteiger partial charge in [0, 0.05) is 19.7 Å². The van der Waals surface area contributed by atoms with E-state index in [4.69, 9.17) is 9.84 Å². The zero-order valence-electron chi connectivity index (χ0n) is 10.1. The number of nitro groups is 1. The highest BCUT2D eigenvalue weighted by Crippen LogP contribution is 2.28. The lowest BCUT2D eigenvalue weighted by atomic mass is 10.1. The Morgan fingerprint density at radius 2 is 2.22 bits per heavy atom. The molecule has 0 aliphatic carbocycles. The minimum absolute atomic E-state index is 0.0704. The van der Waals surface area contributed by atoms with Crippen LogP contribution in [0.2, 0.25) is 0 Å². The largest absolute Gasteiger partial charge is 0.478 e. The fourth-order valence-corrected chi connectivity index (χ4v) is 1.51. The van der Waals surface area contributed by atoms with Gasteiger partial charge in [-0.25, -0.2) is 4.79 Å². The number of carboxylic acids is 1. The van der Waals surface area contributed by atoms with Gasteiger partial charge >= 0.3 is 5.97 Å². The van der Waals surface area contributed by atoms with Gasteiger partial charge in [0.2, 0.25) is 0 Å². The summed E-state index contributed by atoms with van der Waals surface area (Å²) in [4.78, 5) is 21.2. The van der Waals surface area contributed by atoms with Crippen molar-refractivity contribution in [1.82, 2.24) is 0 Å². The van der Waals surface area contributed by atoms with Gasteiger partial charge in [-0.15, -0.1) is 0 Å². The molecule has 0 fully saturated rings. The molecular formula is C11H14N2O5. The third kappa shape index (κ3) is 3.17. The van der Waals surface area contributed by atoms with Gasteiger partial charge in [0.25, 0.3) is 5.69 Å². The van der Waals surface area contributed by atoms with Gasteiger partial charge in [-0.2, -0.15) is 0 Å². The minimum atomic E-state index is -1.18. The Morgan fingerprint density at radius 1 is 1.56 bits per heavy atom. The van der Waals surface area contributed by atoms with Crippen molar-refractivity contribution < 1.29 is 19.6 Å². The summed E-state index contributed by atoms with van der Waals surface area (Å²) in [6, 6.07) is 2.52. The second kappa shape index (κ2) is 5.97. The molecule has 0 saturated carbocycles.